The zero-order valence-corrected chi connectivity index (χ0v) is 12.6. The molecule has 0 aliphatic carbocycles. The predicted octanol–water partition coefficient (Wildman–Crippen LogP) is 2.35. The monoisotopic (exact) mass is 297 g/mol. The van der Waals surface area contributed by atoms with E-state index in [1.165, 1.54) is 11.1 Å². The minimum Gasteiger partial charge on any atom is -0.480 e. The zero-order valence-electron chi connectivity index (χ0n) is 12.6. The molecule has 3 rings (SSSR count). The highest BCUT2D eigenvalue weighted by atomic mass is 16.4. The number of benzene rings is 1. The van der Waals surface area contributed by atoms with Gasteiger partial charge in [0.15, 0.2) is 0 Å². The summed E-state index contributed by atoms with van der Waals surface area (Å²) in [5, 5.41) is 13.2. The van der Waals surface area contributed by atoms with Crippen LogP contribution in [0, 0.1) is 6.92 Å². The third-order valence-electron chi connectivity index (χ3n) is 3.90. The summed E-state index contributed by atoms with van der Waals surface area (Å²) >= 11 is 0. The van der Waals surface area contributed by atoms with Crippen molar-refractivity contribution in [1.29, 1.82) is 0 Å². The van der Waals surface area contributed by atoms with Gasteiger partial charge in [-0.1, -0.05) is 23.8 Å². The molecule has 114 valence electrons. The van der Waals surface area contributed by atoms with Crippen molar-refractivity contribution in [1.82, 2.24) is 14.7 Å². The van der Waals surface area contributed by atoms with Crippen LogP contribution in [0.1, 0.15) is 17.5 Å². The molecular weight excluding hydrogens is 278 g/mol. The van der Waals surface area contributed by atoms with Crippen molar-refractivity contribution in [2.24, 2.45) is 0 Å². The van der Waals surface area contributed by atoms with Crippen LogP contribution < -0.4 is 0 Å². The lowest BCUT2D eigenvalue weighted by Crippen LogP contribution is -2.33. The van der Waals surface area contributed by atoms with Gasteiger partial charge in [0.1, 0.15) is 0 Å². The van der Waals surface area contributed by atoms with E-state index in [2.05, 4.69) is 42.4 Å². The van der Waals surface area contributed by atoms with E-state index in [0.717, 1.165) is 24.2 Å². The molecule has 1 N–H and O–H groups in total. The van der Waals surface area contributed by atoms with Gasteiger partial charge in [0, 0.05) is 24.8 Å². The number of aliphatic carboxylic acids is 1. The van der Waals surface area contributed by atoms with Gasteiger partial charge >= 0.3 is 5.97 Å². The molecule has 2 heterocycles. The van der Waals surface area contributed by atoms with Crippen LogP contribution >= 0.6 is 0 Å². The molecule has 0 spiro atoms. The van der Waals surface area contributed by atoms with E-state index in [-0.39, 0.29) is 6.54 Å². The van der Waals surface area contributed by atoms with Crippen LogP contribution in [0.15, 0.2) is 42.7 Å². The molecule has 0 atom stereocenters. The SMILES string of the molecule is Cc1ccc(-n2cc(C3=CCN(CC(=O)O)CC3)cn2)cc1. The summed E-state index contributed by atoms with van der Waals surface area (Å²) in [5.74, 6) is -0.774. The van der Waals surface area contributed by atoms with Crippen molar-refractivity contribution in [2.45, 2.75) is 13.3 Å². The zero-order chi connectivity index (χ0) is 15.5. The minimum atomic E-state index is -0.774. The molecule has 22 heavy (non-hydrogen) atoms. The second-order valence-electron chi connectivity index (χ2n) is 5.62. The largest absolute Gasteiger partial charge is 0.480 e. The van der Waals surface area contributed by atoms with E-state index in [9.17, 15) is 4.79 Å². The van der Waals surface area contributed by atoms with Crippen LogP contribution in [-0.2, 0) is 4.79 Å². The Morgan fingerprint density at radius 2 is 2.09 bits per heavy atom. The van der Waals surface area contributed by atoms with E-state index in [0.29, 0.717) is 6.54 Å². The number of carboxylic acid groups (broad SMARTS) is 1. The molecule has 1 aromatic heterocycles. The molecule has 1 aliphatic rings. The number of carboxylic acids is 1. The molecule has 0 unspecified atom stereocenters. The van der Waals surface area contributed by atoms with Gasteiger partial charge < -0.3 is 5.11 Å². The lowest BCUT2D eigenvalue weighted by atomic mass is 10.0. The maximum Gasteiger partial charge on any atom is 0.317 e. The van der Waals surface area contributed by atoms with Gasteiger partial charge in [0.2, 0.25) is 0 Å². The summed E-state index contributed by atoms with van der Waals surface area (Å²) in [4.78, 5) is 12.7. The molecular formula is C17H19N3O2. The first-order valence-corrected chi connectivity index (χ1v) is 7.37. The Morgan fingerprint density at radius 3 is 2.73 bits per heavy atom. The fourth-order valence-corrected chi connectivity index (χ4v) is 2.64. The first-order valence-electron chi connectivity index (χ1n) is 7.37. The summed E-state index contributed by atoms with van der Waals surface area (Å²) in [7, 11) is 0. The number of nitrogens with zero attached hydrogens (tertiary/aromatic N) is 3. The molecule has 0 radical (unpaired) electrons. The highest BCUT2D eigenvalue weighted by Gasteiger charge is 2.16. The third kappa shape index (κ3) is 3.26. The fourth-order valence-electron chi connectivity index (χ4n) is 2.64. The molecule has 0 amide bonds. The highest BCUT2D eigenvalue weighted by molar-refractivity contribution is 5.70. The van der Waals surface area contributed by atoms with Crippen molar-refractivity contribution < 1.29 is 9.90 Å². The Balaban J connectivity index is 1.73. The summed E-state index contributed by atoms with van der Waals surface area (Å²) in [6.07, 6.45) is 6.86. The second-order valence-corrected chi connectivity index (χ2v) is 5.62. The molecule has 5 heteroatoms. The number of hydrogen-bond acceptors (Lipinski definition) is 3. The number of rotatable bonds is 4. The van der Waals surface area contributed by atoms with Gasteiger partial charge in [-0.3, -0.25) is 9.69 Å². The van der Waals surface area contributed by atoms with E-state index >= 15 is 0 Å². The quantitative estimate of drug-likeness (QED) is 0.941. The van der Waals surface area contributed by atoms with Crippen LogP contribution in [0.2, 0.25) is 0 Å². The molecule has 0 saturated heterocycles. The minimum absolute atomic E-state index is 0.104. The molecule has 1 aliphatic heterocycles. The van der Waals surface area contributed by atoms with E-state index in [1.807, 2.05) is 22.0 Å². The van der Waals surface area contributed by atoms with E-state index in [1.54, 1.807) is 0 Å². The average molecular weight is 297 g/mol. The Hall–Kier alpha value is -2.40. The molecule has 2 aromatic rings. The number of carbonyl (C=O) groups is 1. The first-order chi connectivity index (χ1) is 10.6. The van der Waals surface area contributed by atoms with Crippen molar-refractivity contribution in [3.63, 3.8) is 0 Å². The number of aromatic nitrogens is 2. The second kappa shape index (κ2) is 6.15. The van der Waals surface area contributed by atoms with E-state index in [4.69, 9.17) is 5.11 Å². The van der Waals surface area contributed by atoms with Gasteiger partial charge in [0.25, 0.3) is 0 Å². The van der Waals surface area contributed by atoms with Crippen LogP contribution in [-0.4, -0.2) is 45.4 Å². The summed E-state index contributed by atoms with van der Waals surface area (Å²) in [6.45, 7) is 3.62. The predicted molar refractivity (Wildman–Crippen MR) is 85.0 cm³/mol. The third-order valence-corrected chi connectivity index (χ3v) is 3.90. The maximum absolute atomic E-state index is 10.7. The Morgan fingerprint density at radius 1 is 1.32 bits per heavy atom. The lowest BCUT2D eigenvalue weighted by Gasteiger charge is -2.24. The highest BCUT2D eigenvalue weighted by Crippen LogP contribution is 2.22. The Labute approximate surface area is 129 Å². The van der Waals surface area contributed by atoms with Crippen LogP contribution in [0.3, 0.4) is 0 Å². The van der Waals surface area contributed by atoms with Gasteiger partial charge in [0.05, 0.1) is 18.4 Å². The molecule has 1 aromatic carbocycles. The van der Waals surface area contributed by atoms with Crippen molar-refractivity contribution in [3.8, 4) is 5.69 Å². The molecule has 0 bridgehead atoms. The first kappa shape index (κ1) is 14.5. The Bertz CT molecular complexity index is 701. The van der Waals surface area contributed by atoms with E-state index < -0.39 is 5.97 Å². The van der Waals surface area contributed by atoms with Crippen molar-refractivity contribution in [2.75, 3.05) is 19.6 Å². The summed E-state index contributed by atoms with van der Waals surface area (Å²) in [5.41, 5.74) is 4.61. The number of hydrogen-bond donors (Lipinski definition) is 1. The summed E-state index contributed by atoms with van der Waals surface area (Å²) < 4.78 is 1.87. The van der Waals surface area contributed by atoms with Gasteiger partial charge in [-0.15, -0.1) is 0 Å². The van der Waals surface area contributed by atoms with Crippen LogP contribution in [0.5, 0.6) is 0 Å². The van der Waals surface area contributed by atoms with Gasteiger partial charge in [-0.05, 0) is 31.1 Å². The topological polar surface area (TPSA) is 58.4 Å². The standard InChI is InChI=1S/C17H19N3O2/c1-13-2-4-16(5-3-13)20-11-15(10-18-20)14-6-8-19(9-7-14)12-17(21)22/h2-6,10-11H,7-9,12H2,1H3,(H,21,22). The van der Waals surface area contributed by atoms with Crippen molar-refractivity contribution in [3.05, 3.63) is 53.9 Å². The average Bonchev–Trinajstić information content (AvgIpc) is 2.98. The van der Waals surface area contributed by atoms with Crippen LogP contribution in [0.4, 0.5) is 0 Å². The fraction of sp³-hybridized carbons (Fsp3) is 0.294. The molecule has 5 nitrogen and oxygen atoms in total. The van der Waals surface area contributed by atoms with Gasteiger partial charge in [-0.25, -0.2) is 4.68 Å². The molecule has 0 saturated carbocycles. The van der Waals surface area contributed by atoms with Gasteiger partial charge in [-0.2, -0.15) is 5.10 Å². The lowest BCUT2D eigenvalue weighted by molar-refractivity contribution is -0.138. The normalized spacial score (nSPS) is 15.6. The maximum atomic E-state index is 10.7. The van der Waals surface area contributed by atoms with Crippen molar-refractivity contribution >= 4 is 11.5 Å². The smallest absolute Gasteiger partial charge is 0.317 e. The van der Waals surface area contributed by atoms with Crippen LogP contribution in [0.25, 0.3) is 11.3 Å². The number of aryl methyl sites for hydroxylation is 1. The Kier molecular flexibility index (Phi) is 4.06. The molecule has 0 fully saturated rings. The summed E-state index contributed by atoms with van der Waals surface area (Å²) in [6, 6.07) is 8.24.